The molecule has 0 fully saturated rings. The molecule has 0 aliphatic carbocycles. The van der Waals surface area contributed by atoms with Crippen molar-refractivity contribution in [3.05, 3.63) is 69.4 Å². The van der Waals surface area contributed by atoms with E-state index in [0.29, 0.717) is 24.0 Å². The van der Waals surface area contributed by atoms with Crippen LogP contribution < -0.4 is 0 Å². The first-order chi connectivity index (χ1) is 11.1. The van der Waals surface area contributed by atoms with Crippen LogP contribution in [0.4, 0.5) is 4.39 Å². The Hall–Kier alpha value is -1.72. The van der Waals surface area contributed by atoms with Crippen molar-refractivity contribution in [1.29, 1.82) is 0 Å². The quantitative estimate of drug-likeness (QED) is 0.764. The molecule has 1 unspecified atom stereocenters. The molecule has 0 spiro atoms. The zero-order valence-electron chi connectivity index (χ0n) is 12.8. The van der Waals surface area contributed by atoms with Gasteiger partial charge in [0.05, 0.1) is 7.11 Å². The molecule has 3 rings (SSSR count). The lowest BCUT2D eigenvalue weighted by Gasteiger charge is -2.35. The highest BCUT2D eigenvalue weighted by Gasteiger charge is 2.32. The summed E-state index contributed by atoms with van der Waals surface area (Å²) in [4.78, 5) is 14.3. The summed E-state index contributed by atoms with van der Waals surface area (Å²) in [5, 5.41) is 0. The fourth-order valence-electron chi connectivity index (χ4n) is 2.98. The maximum absolute atomic E-state index is 13.3. The van der Waals surface area contributed by atoms with Crippen molar-refractivity contribution >= 4 is 21.9 Å². The molecule has 0 aromatic heterocycles. The summed E-state index contributed by atoms with van der Waals surface area (Å²) in [6, 6.07) is 12.4. The summed E-state index contributed by atoms with van der Waals surface area (Å²) in [6.07, 6.45) is 0.627. The monoisotopic (exact) mass is 377 g/mol. The van der Waals surface area contributed by atoms with Gasteiger partial charge in [-0.2, -0.15) is 0 Å². The van der Waals surface area contributed by atoms with Gasteiger partial charge >= 0.3 is 5.97 Å². The van der Waals surface area contributed by atoms with Crippen LogP contribution >= 0.6 is 15.9 Å². The van der Waals surface area contributed by atoms with Crippen molar-refractivity contribution in [3.8, 4) is 0 Å². The summed E-state index contributed by atoms with van der Waals surface area (Å²) in [5.41, 5.74) is 3.34. The Kier molecular flexibility index (Phi) is 4.78. The SMILES string of the molecule is COC(=O)C1Cc2ccccc2CN1Cc1ccc(F)cc1Br. The lowest BCUT2D eigenvalue weighted by Crippen LogP contribution is -2.45. The zero-order chi connectivity index (χ0) is 16.4. The summed E-state index contributed by atoms with van der Waals surface area (Å²) in [5.74, 6) is -0.521. The Morgan fingerprint density at radius 1 is 1.30 bits per heavy atom. The molecular weight excluding hydrogens is 361 g/mol. The van der Waals surface area contributed by atoms with E-state index in [9.17, 15) is 9.18 Å². The molecule has 2 aromatic carbocycles. The van der Waals surface area contributed by atoms with E-state index in [1.165, 1.54) is 30.4 Å². The van der Waals surface area contributed by atoms with E-state index in [1.54, 1.807) is 6.07 Å². The van der Waals surface area contributed by atoms with Gasteiger partial charge in [0, 0.05) is 17.6 Å². The number of methoxy groups -OCH3 is 1. The maximum atomic E-state index is 13.3. The van der Waals surface area contributed by atoms with Gasteiger partial charge < -0.3 is 4.74 Å². The minimum absolute atomic E-state index is 0.238. The smallest absolute Gasteiger partial charge is 0.323 e. The second-order valence-electron chi connectivity index (χ2n) is 5.65. The van der Waals surface area contributed by atoms with Crippen molar-refractivity contribution in [1.82, 2.24) is 4.90 Å². The molecule has 5 heteroatoms. The molecule has 0 amide bonds. The number of hydrogen-bond donors (Lipinski definition) is 0. The van der Waals surface area contributed by atoms with Crippen LogP contribution in [0.1, 0.15) is 16.7 Å². The van der Waals surface area contributed by atoms with Crippen molar-refractivity contribution in [3.63, 3.8) is 0 Å². The van der Waals surface area contributed by atoms with E-state index in [2.05, 4.69) is 33.0 Å². The summed E-state index contributed by atoms with van der Waals surface area (Å²) in [6.45, 7) is 1.22. The fourth-order valence-corrected chi connectivity index (χ4v) is 3.46. The molecule has 0 saturated carbocycles. The first kappa shape index (κ1) is 16.1. The van der Waals surface area contributed by atoms with Gasteiger partial charge in [0.1, 0.15) is 11.9 Å². The van der Waals surface area contributed by atoms with Crippen molar-refractivity contribution in [2.24, 2.45) is 0 Å². The van der Waals surface area contributed by atoms with E-state index in [0.717, 1.165) is 5.56 Å². The van der Waals surface area contributed by atoms with Crippen LogP contribution in [0.3, 0.4) is 0 Å². The average Bonchev–Trinajstić information content (AvgIpc) is 2.56. The van der Waals surface area contributed by atoms with E-state index in [-0.39, 0.29) is 17.8 Å². The average molecular weight is 378 g/mol. The highest BCUT2D eigenvalue weighted by atomic mass is 79.9. The Morgan fingerprint density at radius 3 is 2.74 bits per heavy atom. The third-order valence-electron chi connectivity index (χ3n) is 4.21. The summed E-state index contributed by atoms with van der Waals surface area (Å²) < 4.78 is 18.9. The number of carbonyl (C=O) groups excluding carboxylic acids is 1. The molecule has 2 aromatic rings. The van der Waals surface area contributed by atoms with E-state index < -0.39 is 0 Å². The Morgan fingerprint density at radius 2 is 2.04 bits per heavy atom. The van der Waals surface area contributed by atoms with E-state index >= 15 is 0 Å². The number of halogens is 2. The van der Waals surface area contributed by atoms with Crippen molar-refractivity contribution in [2.75, 3.05) is 7.11 Å². The van der Waals surface area contributed by atoms with Crippen LogP contribution in [-0.2, 0) is 29.0 Å². The lowest BCUT2D eigenvalue weighted by atomic mass is 9.93. The van der Waals surface area contributed by atoms with Gasteiger partial charge in [0.25, 0.3) is 0 Å². The largest absolute Gasteiger partial charge is 0.468 e. The molecule has 3 nitrogen and oxygen atoms in total. The van der Waals surface area contributed by atoms with Gasteiger partial charge in [0.15, 0.2) is 0 Å². The van der Waals surface area contributed by atoms with Gasteiger partial charge in [-0.05, 0) is 35.2 Å². The molecule has 1 heterocycles. The molecule has 0 N–H and O–H groups in total. The highest BCUT2D eigenvalue weighted by molar-refractivity contribution is 9.10. The van der Waals surface area contributed by atoms with Crippen LogP contribution in [0, 0.1) is 5.82 Å². The first-order valence-corrected chi connectivity index (χ1v) is 8.20. The number of carbonyl (C=O) groups is 1. The molecule has 1 atom stereocenters. The minimum Gasteiger partial charge on any atom is -0.468 e. The van der Waals surface area contributed by atoms with E-state index in [4.69, 9.17) is 4.74 Å². The molecule has 0 saturated heterocycles. The molecule has 0 radical (unpaired) electrons. The van der Waals surface area contributed by atoms with Crippen molar-refractivity contribution < 1.29 is 13.9 Å². The Labute approximate surface area is 143 Å². The summed E-state index contributed by atoms with van der Waals surface area (Å²) >= 11 is 3.40. The number of esters is 1. The van der Waals surface area contributed by atoms with E-state index in [1.807, 2.05) is 12.1 Å². The lowest BCUT2D eigenvalue weighted by molar-refractivity contribution is -0.148. The summed E-state index contributed by atoms with van der Waals surface area (Å²) in [7, 11) is 1.41. The van der Waals surface area contributed by atoms with Gasteiger partial charge in [-0.25, -0.2) is 4.39 Å². The van der Waals surface area contributed by atoms with Crippen LogP contribution in [-0.4, -0.2) is 24.0 Å². The number of ether oxygens (including phenoxy) is 1. The molecule has 1 aliphatic rings. The maximum Gasteiger partial charge on any atom is 0.323 e. The molecule has 23 heavy (non-hydrogen) atoms. The molecule has 120 valence electrons. The van der Waals surface area contributed by atoms with Gasteiger partial charge in [-0.1, -0.05) is 46.3 Å². The highest BCUT2D eigenvalue weighted by Crippen LogP contribution is 2.28. The molecule has 1 aliphatic heterocycles. The molecular formula is C18H17BrFNO2. The number of nitrogens with zero attached hydrogens (tertiary/aromatic N) is 1. The predicted octanol–water partition coefficient (Wildman–Crippen LogP) is 3.69. The van der Waals surface area contributed by atoms with Crippen LogP contribution in [0.25, 0.3) is 0 Å². The second kappa shape index (κ2) is 6.81. The number of benzene rings is 2. The minimum atomic E-state index is -0.327. The number of fused-ring (bicyclic) bond motifs is 1. The van der Waals surface area contributed by atoms with Gasteiger partial charge in [-0.15, -0.1) is 0 Å². The number of rotatable bonds is 3. The van der Waals surface area contributed by atoms with Crippen LogP contribution in [0.2, 0.25) is 0 Å². The topological polar surface area (TPSA) is 29.5 Å². The van der Waals surface area contributed by atoms with Gasteiger partial charge in [-0.3, -0.25) is 9.69 Å². The van der Waals surface area contributed by atoms with Crippen molar-refractivity contribution in [2.45, 2.75) is 25.6 Å². The Bertz CT molecular complexity index is 735. The van der Waals surface area contributed by atoms with Crippen LogP contribution in [0.15, 0.2) is 46.9 Å². The second-order valence-corrected chi connectivity index (χ2v) is 6.51. The standard InChI is InChI=1S/C18H17BrFNO2/c1-23-18(22)17-8-12-4-2-3-5-13(12)10-21(17)11-14-6-7-15(20)9-16(14)19/h2-7,9,17H,8,10-11H2,1H3. The molecule has 0 bridgehead atoms. The fraction of sp³-hybridized carbons (Fsp3) is 0.278. The predicted molar refractivity (Wildman–Crippen MR) is 89.3 cm³/mol. The number of hydrogen-bond acceptors (Lipinski definition) is 3. The Balaban J connectivity index is 1.90. The van der Waals surface area contributed by atoms with Gasteiger partial charge in [0.2, 0.25) is 0 Å². The van der Waals surface area contributed by atoms with Crippen LogP contribution in [0.5, 0.6) is 0 Å². The third-order valence-corrected chi connectivity index (χ3v) is 4.95. The first-order valence-electron chi connectivity index (χ1n) is 7.41. The third kappa shape index (κ3) is 3.46. The normalized spacial score (nSPS) is 17.6. The zero-order valence-corrected chi connectivity index (χ0v) is 14.3.